The van der Waals surface area contributed by atoms with Crippen LogP contribution in [0.25, 0.3) is 0 Å². The highest BCUT2D eigenvalue weighted by molar-refractivity contribution is 7.09. The maximum atomic E-state index is 12.0. The molecule has 2 atom stereocenters. The van der Waals surface area contributed by atoms with Crippen LogP contribution in [-0.2, 0) is 11.2 Å². The predicted molar refractivity (Wildman–Crippen MR) is 72.6 cm³/mol. The Balaban J connectivity index is 1.87. The molecule has 0 spiro atoms. The van der Waals surface area contributed by atoms with Crippen molar-refractivity contribution in [3.63, 3.8) is 0 Å². The third-order valence-electron chi connectivity index (χ3n) is 2.83. The second kappa shape index (κ2) is 5.82. The first kappa shape index (κ1) is 12.8. The zero-order chi connectivity index (χ0) is 13.0. The second-order valence-corrected chi connectivity index (χ2v) is 5.41. The van der Waals surface area contributed by atoms with Gasteiger partial charge in [-0.1, -0.05) is 6.07 Å². The van der Waals surface area contributed by atoms with Gasteiger partial charge < -0.3 is 9.88 Å². The number of nitrogens with zero attached hydrogens (tertiary/aromatic N) is 2. The fourth-order valence-electron chi connectivity index (χ4n) is 1.78. The zero-order valence-corrected chi connectivity index (χ0v) is 11.4. The number of carbonyl (C=O) groups excluding carboxylic acids is 1. The Morgan fingerprint density at radius 3 is 3.00 bits per heavy atom. The molecule has 0 fully saturated rings. The zero-order valence-electron chi connectivity index (χ0n) is 10.5. The van der Waals surface area contributed by atoms with Gasteiger partial charge >= 0.3 is 0 Å². The number of aromatic nitrogens is 2. The maximum absolute atomic E-state index is 12.0. The Kier molecular flexibility index (Phi) is 4.15. The Bertz CT molecular complexity index is 478. The number of imidazole rings is 1. The van der Waals surface area contributed by atoms with Gasteiger partial charge in [0.1, 0.15) is 6.04 Å². The van der Waals surface area contributed by atoms with Gasteiger partial charge in [-0.2, -0.15) is 0 Å². The minimum Gasteiger partial charge on any atom is -0.351 e. The summed E-state index contributed by atoms with van der Waals surface area (Å²) in [5, 5.41) is 5.08. The highest BCUT2D eigenvalue weighted by atomic mass is 32.1. The van der Waals surface area contributed by atoms with E-state index in [1.54, 1.807) is 34.6 Å². The first-order valence-corrected chi connectivity index (χ1v) is 6.85. The maximum Gasteiger partial charge on any atom is 0.243 e. The number of thiophene rings is 1. The number of amides is 1. The van der Waals surface area contributed by atoms with Crippen molar-refractivity contribution in [2.24, 2.45) is 0 Å². The molecule has 5 heteroatoms. The average molecular weight is 263 g/mol. The van der Waals surface area contributed by atoms with Crippen molar-refractivity contribution in [2.75, 3.05) is 0 Å². The van der Waals surface area contributed by atoms with Crippen molar-refractivity contribution in [1.82, 2.24) is 14.9 Å². The lowest BCUT2D eigenvalue weighted by atomic mass is 10.2. The Morgan fingerprint density at radius 2 is 2.39 bits per heavy atom. The summed E-state index contributed by atoms with van der Waals surface area (Å²) in [6.45, 7) is 3.90. The monoisotopic (exact) mass is 263 g/mol. The van der Waals surface area contributed by atoms with Crippen LogP contribution in [-0.4, -0.2) is 21.5 Å². The van der Waals surface area contributed by atoms with Crippen LogP contribution in [0.1, 0.15) is 24.8 Å². The first-order chi connectivity index (χ1) is 8.66. The number of hydrogen-bond donors (Lipinski definition) is 1. The van der Waals surface area contributed by atoms with Crippen LogP contribution in [0.4, 0.5) is 0 Å². The smallest absolute Gasteiger partial charge is 0.243 e. The molecule has 0 saturated heterocycles. The summed E-state index contributed by atoms with van der Waals surface area (Å²) < 4.78 is 1.80. The van der Waals surface area contributed by atoms with E-state index in [9.17, 15) is 4.79 Å². The van der Waals surface area contributed by atoms with Crippen molar-refractivity contribution < 1.29 is 4.79 Å². The highest BCUT2D eigenvalue weighted by Gasteiger charge is 2.16. The van der Waals surface area contributed by atoms with E-state index in [-0.39, 0.29) is 18.0 Å². The Morgan fingerprint density at radius 1 is 1.56 bits per heavy atom. The molecule has 0 aromatic carbocycles. The molecule has 1 N–H and O–H groups in total. The van der Waals surface area contributed by atoms with Crippen LogP contribution in [0, 0.1) is 0 Å². The first-order valence-electron chi connectivity index (χ1n) is 5.97. The number of rotatable bonds is 5. The molecule has 0 bridgehead atoms. The summed E-state index contributed by atoms with van der Waals surface area (Å²) in [5.74, 6) is 0.0251. The van der Waals surface area contributed by atoms with E-state index in [1.807, 2.05) is 19.9 Å². The van der Waals surface area contributed by atoms with Crippen molar-refractivity contribution in [1.29, 1.82) is 0 Å². The van der Waals surface area contributed by atoms with Crippen LogP contribution in [0.5, 0.6) is 0 Å². The van der Waals surface area contributed by atoms with Gasteiger partial charge in [-0.05, 0) is 25.3 Å². The molecule has 2 aromatic heterocycles. The molecule has 2 unspecified atom stereocenters. The van der Waals surface area contributed by atoms with Gasteiger partial charge in [0.2, 0.25) is 5.91 Å². The second-order valence-electron chi connectivity index (χ2n) is 4.38. The van der Waals surface area contributed by atoms with E-state index in [0.29, 0.717) is 0 Å². The molecule has 0 aliphatic carbocycles. The van der Waals surface area contributed by atoms with Crippen molar-refractivity contribution in [3.05, 3.63) is 41.1 Å². The minimum absolute atomic E-state index is 0.0251. The average Bonchev–Trinajstić information content (AvgIpc) is 2.99. The quantitative estimate of drug-likeness (QED) is 0.899. The predicted octanol–water partition coefficient (Wildman–Crippen LogP) is 2.25. The summed E-state index contributed by atoms with van der Waals surface area (Å²) in [7, 11) is 0. The van der Waals surface area contributed by atoms with Crippen LogP contribution in [0.2, 0.25) is 0 Å². The molecule has 18 heavy (non-hydrogen) atoms. The number of nitrogens with one attached hydrogen (secondary N) is 1. The summed E-state index contributed by atoms with van der Waals surface area (Å²) in [6, 6.07) is 4.04. The molecule has 0 saturated carbocycles. The summed E-state index contributed by atoms with van der Waals surface area (Å²) >= 11 is 1.72. The normalized spacial score (nSPS) is 14.1. The summed E-state index contributed by atoms with van der Waals surface area (Å²) in [5.41, 5.74) is 0. The summed E-state index contributed by atoms with van der Waals surface area (Å²) in [6.07, 6.45) is 6.02. The largest absolute Gasteiger partial charge is 0.351 e. The van der Waals surface area contributed by atoms with Gasteiger partial charge in [0, 0.05) is 29.7 Å². The molecule has 2 aromatic rings. The van der Waals surface area contributed by atoms with Gasteiger partial charge in [0.05, 0.1) is 6.33 Å². The van der Waals surface area contributed by atoms with E-state index in [2.05, 4.69) is 21.7 Å². The molecule has 2 rings (SSSR count). The molecule has 0 aliphatic rings. The topological polar surface area (TPSA) is 46.9 Å². The number of hydrogen-bond acceptors (Lipinski definition) is 3. The summed E-state index contributed by atoms with van der Waals surface area (Å²) in [4.78, 5) is 17.3. The molecular weight excluding hydrogens is 246 g/mol. The molecule has 2 heterocycles. The Hall–Kier alpha value is -1.62. The lowest BCUT2D eigenvalue weighted by molar-refractivity contribution is -0.124. The molecule has 0 aliphatic heterocycles. The van der Waals surface area contributed by atoms with Gasteiger partial charge in [0.15, 0.2) is 0 Å². The third kappa shape index (κ3) is 3.20. The van der Waals surface area contributed by atoms with Crippen molar-refractivity contribution >= 4 is 17.2 Å². The molecule has 96 valence electrons. The highest BCUT2D eigenvalue weighted by Crippen LogP contribution is 2.12. The SMILES string of the molecule is CC(Cc1cccs1)NC(=O)C(C)n1ccnc1. The van der Waals surface area contributed by atoms with Gasteiger partial charge in [-0.3, -0.25) is 4.79 Å². The van der Waals surface area contributed by atoms with Gasteiger partial charge in [-0.15, -0.1) is 11.3 Å². The Labute approximate surface area is 111 Å². The van der Waals surface area contributed by atoms with Crippen molar-refractivity contribution in [3.8, 4) is 0 Å². The molecule has 4 nitrogen and oxygen atoms in total. The van der Waals surface area contributed by atoms with E-state index in [0.717, 1.165) is 6.42 Å². The molecule has 1 amide bonds. The van der Waals surface area contributed by atoms with E-state index >= 15 is 0 Å². The molecule has 0 radical (unpaired) electrons. The van der Waals surface area contributed by atoms with Crippen LogP contribution in [0.15, 0.2) is 36.2 Å². The van der Waals surface area contributed by atoms with Crippen molar-refractivity contribution in [2.45, 2.75) is 32.4 Å². The number of carbonyl (C=O) groups is 1. The van der Waals surface area contributed by atoms with Crippen LogP contribution < -0.4 is 5.32 Å². The van der Waals surface area contributed by atoms with Gasteiger partial charge in [-0.25, -0.2) is 4.98 Å². The lowest BCUT2D eigenvalue weighted by Crippen LogP contribution is -2.38. The van der Waals surface area contributed by atoms with E-state index in [1.165, 1.54) is 4.88 Å². The van der Waals surface area contributed by atoms with E-state index in [4.69, 9.17) is 0 Å². The van der Waals surface area contributed by atoms with E-state index < -0.39 is 0 Å². The minimum atomic E-state index is -0.224. The third-order valence-corrected chi connectivity index (χ3v) is 3.73. The molecular formula is C13H17N3OS. The van der Waals surface area contributed by atoms with Gasteiger partial charge in [0.25, 0.3) is 0 Å². The standard InChI is InChI=1S/C13H17N3OS/c1-10(8-12-4-3-7-18-12)15-13(17)11(2)16-6-5-14-9-16/h3-7,9-11H,8H2,1-2H3,(H,15,17). The van der Waals surface area contributed by atoms with Crippen LogP contribution in [0.3, 0.4) is 0 Å². The lowest BCUT2D eigenvalue weighted by Gasteiger charge is -2.17. The fraction of sp³-hybridized carbons (Fsp3) is 0.385. The van der Waals surface area contributed by atoms with Crippen LogP contribution >= 0.6 is 11.3 Å². The fourth-order valence-corrected chi connectivity index (χ4v) is 2.61.